The summed E-state index contributed by atoms with van der Waals surface area (Å²) >= 11 is 0. The fourth-order valence-corrected chi connectivity index (χ4v) is 3.28. The molecule has 128 valence electrons. The van der Waals surface area contributed by atoms with Crippen LogP contribution in [0.25, 0.3) is 0 Å². The van der Waals surface area contributed by atoms with E-state index in [4.69, 9.17) is 14.2 Å². The molecule has 1 aromatic rings. The SMILES string of the molecule is COc1ccc(S(=O)(=O)NCCC2CN(C)C(=O)O2)cc1OC. The van der Waals surface area contributed by atoms with Gasteiger partial charge in [0.1, 0.15) is 6.10 Å². The van der Waals surface area contributed by atoms with Crippen molar-refractivity contribution >= 4 is 16.1 Å². The summed E-state index contributed by atoms with van der Waals surface area (Å²) in [7, 11) is 0.872. The van der Waals surface area contributed by atoms with Gasteiger partial charge < -0.3 is 19.1 Å². The molecule has 1 N–H and O–H groups in total. The van der Waals surface area contributed by atoms with Crippen molar-refractivity contribution in [3.8, 4) is 11.5 Å². The third-order valence-corrected chi connectivity index (χ3v) is 4.94. The monoisotopic (exact) mass is 344 g/mol. The van der Waals surface area contributed by atoms with Crippen LogP contribution >= 0.6 is 0 Å². The third-order valence-electron chi connectivity index (χ3n) is 3.48. The molecular formula is C14H20N2O6S. The van der Waals surface area contributed by atoms with Crippen LogP contribution in [0.1, 0.15) is 6.42 Å². The minimum absolute atomic E-state index is 0.0793. The number of methoxy groups -OCH3 is 2. The molecule has 8 nitrogen and oxygen atoms in total. The fraction of sp³-hybridized carbons (Fsp3) is 0.500. The first-order valence-electron chi connectivity index (χ1n) is 7.01. The minimum Gasteiger partial charge on any atom is -0.493 e. The normalized spacial score (nSPS) is 18.0. The lowest BCUT2D eigenvalue weighted by molar-refractivity contribution is 0.131. The molecule has 1 amide bonds. The second-order valence-corrected chi connectivity index (χ2v) is 6.86. The highest BCUT2D eigenvalue weighted by atomic mass is 32.2. The van der Waals surface area contributed by atoms with Gasteiger partial charge in [0.15, 0.2) is 11.5 Å². The first-order chi connectivity index (χ1) is 10.9. The zero-order valence-electron chi connectivity index (χ0n) is 13.2. The Morgan fingerprint density at radius 3 is 2.57 bits per heavy atom. The minimum atomic E-state index is -3.68. The molecule has 1 aliphatic rings. The van der Waals surface area contributed by atoms with Crippen LogP contribution in [0, 0.1) is 0 Å². The number of nitrogens with one attached hydrogen (secondary N) is 1. The molecule has 1 unspecified atom stereocenters. The highest BCUT2D eigenvalue weighted by Gasteiger charge is 2.28. The molecule has 0 radical (unpaired) electrons. The summed E-state index contributed by atoms with van der Waals surface area (Å²) in [6.07, 6.45) is -0.291. The van der Waals surface area contributed by atoms with Gasteiger partial charge in [0.05, 0.1) is 25.7 Å². The molecule has 9 heteroatoms. The van der Waals surface area contributed by atoms with Crippen molar-refractivity contribution in [3.63, 3.8) is 0 Å². The van der Waals surface area contributed by atoms with Crippen molar-refractivity contribution in [2.45, 2.75) is 17.4 Å². The topological polar surface area (TPSA) is 94.2 Å². The Labute approximate surface area is 135 Å². The molecule has 1 fully saturated rings. The number of rotatable bonds is 7. The number of sulfonamides is 1. The van der Waals surface area contributed by atoms with Crippen molar-refractivity contribution in [2.24, 2.45) is 0 Å². The second kappa shape index (κ2) is 7.05. The number of ether oxygens (including phenoxy) is 3. The maximum Gasteiger partial charge on any atom is 0.409 e. The molecule has 23 heavy (non-hydrogen) atoms. The average Bonchev–Trinajstić information content (AvgIpc) is 2.84. The summed E-state index contributed by atoms with van der Waals surface area (Å²) in [6.45, 7) is 0.624. The fourth-order valence-electron chi connectivity index (χ4n) is 2.22. The number of benzene rings is 1. The maximum atomic E-state index is 12.3. The second-order valence-electron chi connectivity index (χ2n) is 5.09. The zero-order chi connectivity index (χ0) is 17.0. The van der Waals surface area contributed by atoms with Gasteiger partial charge in [-0.05, 0) is 18.6 Å². The van der Waals surface area contributed by atoms with Crippen LogP contribution in [0.3, 0.4) is 0 Å². The van der Waals surface area contributed by atoms with E-state index in [1.807, 2.05) is 0 Å². The Morgan fingerprint density at radius 2 is 2.00 bits per heavy atom. The summed E-state index contributed by atoms with van der Waals surface area (Å²) in [5.74, 6) is 0.786. The summed E-state index contributed by atoms with van der Waals surface area (Å²) < 4.78 is 42.3. The van der Waals surface area contributed by atoms with E-state index in [0.29, 0.717) is 24.5 Å². The van der Waals surface area contributed by atoms with Gasteiger partial charge in [-0.15, -0.1) is 0 Å². The Bertz CT molecular complexity index is 676. The summed E-state index contributed by atoms with van der Waals surface area (Å²) in [5.41, 5.74) is 0. The number of likely N-dealkylation sites (N-methyl/N-ethyl adjacent to an activating group) is 1. The lowest BCUT2D eigenvalue weighted by Crippen LogP contribution is -2.28. The van der Waals surface area contributed by atoms with E-state index in [-0.39, 0.29) is 17.5 Å². The molecule has 1 heterocycles. The quantitative estimate of drug-likeness (QED) is 0.787. The Hall–Kier alpha value is -2.00. The van der Waals surface area contributed by atoms with E-state index in [1.54, 1.807) is 7.05 Å². The molecule has 2 rings (SSSR count). The number of hydrogen-bond acceptors (Lipinski definition) is 6. The van der Waals surface area contributed by atoms with Gasteiger partial charge in [0, 0.05) is 19.7 Å². The standard InChI is InChI=1S/C14H20N2O6S/c1-16-9-10(22-14(16)17)6-7-15-23(18,19)11-4-5-12(20-2)13(8-11)21-3/h4-5,8,10,15H,6-7,9H2,1-3H3. The molecule has 0 spiro atoms. The third kappa shape index (κ3) is 4.05. The summed E-state index contributed by atoms with van der Waals surface area (Å²) in [6, 6.07) is 4.36. The van der Waals surface area contributed by atoms with Gasteiger partial charge in [-0.3, -0.25) is 0 Å². The Balaban J connectivity index is 1.98. The highest BCUT2D eigenvalue weighted by Crippen LogP contribution is 2.29. The van der Waals surface area contributed by atoms with Crippen LogP contribution in [0.5, 0.6) is 11.5 Å². The van der Waals surface area contributed by atoms with Gasteiger partial charge in [-0.2, -0.15) is 0 Å². The molecule has 1 atom stereocenters. The number of hydrogen-bond donors (Lipinski definition) is 1. The van der Waals surface area contributed by atoms with Crippen LogP contribution < -0.4 is 14.2 Å². The molecule has 0 saturated carbocycles. The van der Waals surface area contributed by atoms with Crippen molar-refractivity contribution in [1.82, 2.24) is 9.62 Å². The van der Waals surface area contributed by atoms with Gasteiger partial charge in [0.25, 0.3) is 0 Å². The number of nitrogens with zero attached hydrogens (tertiary/aromatic N) is 1. The molecule has 1 saturated heterocycles. The number of amides is 1. The largest absolute Gasteiger partial charge is 0.493 e. The number of carbonyl (C=O) groups is 1. The van der Waals surface area contributed by atoms with Crippen LogP contribution in [-0.4, -0.2) is 59.9 Å². The van der Waals surface area contributed by atoms with E-state index >= 15 is 0 Å². The van der Waals surface area contributed by atoms with Gasteiger partial charge in [0.2, 0.25) is 10.0 Å². The van der Waals surface area contributed by atoms with Crippen molar-refractivity contribution < 1.29 is 27.4 Å². The smallest absolute Gasteiger partial charge is 0.409 e. The molecule has 1 aliphatic heterocycles. The first kappa shape index (κ1) is 17.4. The number of cyclic esters (lactones) is 1. The molecule has 0 aromatic heterocycles. The van der Waals surface area contributed by atoms with Crippen LogP contribution in [0.15, 0.2) is 23.1 Å². The predicted molar refractivity (Wildman–Crippen MR) is 82.3 cm³/mol. The number of carbonyl (C=O) groups excluding carboxylic acids is 1. The molecule has 0 aliphatic carbocycles. The Morgan fingerprint density at radius 1 is 1.30 bits per heavy atom. The molecular weight excluding hydrogens is 324 g/mol. The van der Waals surface area contributed by atoms with Crippen molar-refractivity contribution in [3.05, 3.63) is 18.2 Å². The van der Waals surface area contributed by atoms with Gasteiger partial charge in [-0.25, -0.2) is 17.9 Å². The van der Waals surface area contributed by atoms with E-state index in [9.17, 15) is 13.2 Å². The summed E-state index contributed by atoms with van der Waals surface area (Å²) in [5, 5.41) is 0. The van der Waals surface area contributed by atoms with Crippen molar-refractivity contribution in [1.29, 1.82) is 0 Å². The average molecular weight is 344 g/mol. The van der Waals surface area contributed by atoms with E-state index < -0.39 is 16.1 Å². The van der Waals surface area contributed by atoms with Crippen LogP contribution in [-0.2, 0) is 14.8 Å². The lowest BCUT2D eigenvalue weighted by atomic mass is 10.2. The predicted octanol–water partition coefficient (Wildman–Crippen LogP) is 0.823. The van der Waals surface area contributed by atoms with Gasteiger partial charge in [-0.1, -0.05) is 0 Å². The maximum absolute atomic E-state index is 12.3. The highest BCUT2D eigenvalue weighted by molar-refractivity contribution is 7.89. The Kier molecular flexibility index (Phi) is 5.32. The van der Waals surface area contributed by atoms with E-state index in [0.717, 1.165) is 0 Å². The van der Waals surface area contributed by atoms with Crippen molar-refractivity contribution in [2.75, 3.05) is 34.4 Å². The van der Waals surface area contributed by atoms with E-state index in [1.165, 1.54) is 37.3 Å². The molecule has 0 bridgehead atoms. The molecule has 1 aromatic carbocycles. The van der Waals surface area contributed by atoms with Crippen LogP contribution in [0.2, 0.25) is 0 Å². The first-order valence-corrected chi connectivity index (χ1v) is 8.49. The zero-order valence-corrected chi connectivity index (χ0v) is 14.1. The summed E-state index contributed by atoms with van der Waals surface area (Å²) in [4.78, 5) is 12.8. The van der Waals surface area contributed by atoms with Crippen LogP contribution in [0.4, 0.5) is 4.79 Å². The lowest BCUT2D eigenvalue weighted by Gasteiger charge is -2.12. The van der Waals surface area contributed by atoms with Gasteiger partial charge >= 0.3 is 6.09 Å². The van der Waals surface area contributed by atoms with E-state index in [2.05, 4.69) is 4.72 Å².